The number of aryl methyl sites for hydroxylation is 1. The van der Waals surface area contributed by atoms with Gasteiger partial charge in [-0.05, 0) is 24.6 Å². The van der Waals surface area contributed by atoms with Gasteiger partial charge < -0.3 is 10.1 Å². The number of halogens is 1. The summed E-state index contributed by atoms with van der Waals surface area (Å²) in [4.78, 5) is 24.5. The molecule has 2 N–H and O–H groups in total. The van der Waals surface area contributed by atoms with E-state index in [0.29, 0.717) is 5.56 Å². The van der Waals surface area contributed by atoms with E-state index in [2.05, 4.69) is 4.98 Å². The van der Waals surface area contributed by atoms with Crippen molar-refractivity contribution in [3.63, 3.8) is 0 Å². The van der Waals surface area contributed by atoms with E-state index in [1.165, 1.54) is 12.1 Å². The molecular formula is C11H8FNO3. The second kappa shape index (κ2) is 3.44. The molecule has 0 unspecified atom stereocenters. The molecule has 0 saturated heterocycles. The SMILES string of the molecule is Cc1ccc(F)c2cc(C(=O)O)[nH]c(=O)c12. The zero-order valence-corrected chi connectivity index (χ0v) is 8.37. The summed E-state index contributed by atoms with van der Waals surface area (Å²) in [5.41, 5.74) is -0.302. The molecule has 0 aliphatic rings. The zero-order valence-electron chi connectivity index (χ0n) is 8.37. The van der Waals surface area contributed by atoms with E-state index in [1.54, 1.807) is 6.92 Å². The van der Waals surface area contributed by atoms with Crippen molar-refractivity contribution in [1.82, 2.24) is 4.98 Å². The minimum Gasteiger partial charge on any atom is -0.477 e. The number of fused-ring (bicyclic) bond motifs is 1. The molecule has 5 heteroatoms. The predicted molar refractivity (Wildman–Crippen MR) is 56.2 cm³/mol. The number of hydrogen-bond acceptors (Lipinski definition) is 2. The van der Waals surface area contributed by atoms with Crippen LogP contribution in [0.25, 0.3) is 10.8 Å². The second-order valence-corrected chi connectivity index (χ2v) is 3.47. The van der Waals surface area contributed by atoms with Gasteiger partial charge in [0.05, 0.1) is 5.39 Å². The molecule has 0 radical (unpaired) electrons. The van der Waals surface area contributed by atoms with Crippen molar-refractivity contribution >= 4 is 16.7 Å². The Morgan fingerprint density at radius 1 is 1.44 bits per heavy atom. The second-order valence-electron chi connectivity index (χ2n) is 3.47. The summed E-state index contributed by atoms with van der Waals surface area (Å²) >= 11 is 0. The molecule has 0 bridgehead atoms. The highest BCUT2D eigenvalue weighted by atomic mass is 19.1. The van der Waals surface area contributed by atoms with Crippen molar-refractivity contribution < 1.29 is 14.3 Å². The van der Waals surface area contributed by atoms with Crippen LogP contribution in [-0.4, -0.2) is 16.1 Å². The largest absolute Gasteiger partial charge is 0.477 e. The van der Waals surface area contributed by atoms with E-state index >= 15 is 0 Å². The smallest absolute Gasteiger partial charge is 0.352 e. The van der Waals surface area contributed by atoms with Gasteiger partial charge in [-0.15, -0.1) is 0 Å². The molecule has 0 atom stereocenters. The van der Waals surface area contributed by atoms with E-state index in [4.69, 9.17) is 5.11 Å². The molecule has 2 rings (SSSR count). The van der Waals surface area contributed by atoms with Gasteiger partial charge in [-0.2, -0.15) is 0 Å². The predicted octanol–water partition coefficient (Wildman–Crippen LogP) is 1.67. The number of pyridine rings is 1. The number of aromatic nitrogens is 1. The lowest BCUT2D eigenvalue weighted by molar-refractivity contribution is 0.0690. The molecule has 82 valence electrons. The molecule has 0 fully saturated rings. The Morgan fingerprint density at radius 2 is 2.12 bits per heavy atom. The first-order valence-corrected chi connectivity index (χ1v) is 4.56. The van der Waals surface area contributed by atoms with Crippen molar-refractivity contribution in [3.8, 4) is 0 Å². The molecule has 0 aliphatic carbocycles. The third-order valence-electron chi connectivity index (χ3n) is 2.39. The molecule has 4 nitrogen and oxygen atoms in total. The number of carboxylic acid groups (broad SMARTS) is 1. The minimum absolute atomic E-state index is 0.0288. The van der Waals surface area contributed by atoms with Gasteiger partial charge in [0.1, 0.15) is 11.5 Å². The van der Waals surface area contributed by atoms with E-state index in [9.17, 15) is 14.0 Å². The molecule has 1 aromatic carbocycles. The van der Waals surface area contributed by atoms with Gasteiger partial charge in [0, 0.05) is 5.39 Å². The number of nitrogens with one attached hydrogen (secondary N) is 1. The number of carbonyl (C=O) groups is 1. The van der Waals surface area contributed by atoms with E-state index in [0.717, 1.165) is 6.07 Å². The van der Waals surface area contributed by atoms with Crippen LogP contribution >= 0.6 is 0 Å². The van der Waals surface area contributed by atoms with Crippen LogP contribution in [0.1, 0.15) is 16.1 Å². The first kappa shape index (κ1) is 10.4. The third kappa shape index (κ3) is 1.46. The number of aromatic amines is 1. The van der Waals surface area contributed by atoms with E-state index in [1.807, 2.05) is 0 Å². The minimum atomic E-state index is -1.29. The van der Waals surface area contributed by atoms with Crippen LogP contribution < -0.4 is 5.56 Å². The Bertz CT molecular complexity index is 645. The van der Waals surface area contributed by atoms with Crippen LogP contribution in [0, 0.1) is 12.7 Å². The number of aromatic carboxylic acids is 1. The summed E-state index contributed by atoms with van der Waals surface area (Å²) < 4.78 is 13.4. The molecule has 16 heavy (non-hydrogen) atoms. The molecule has 0 spiro atoms. The Hall–Kier alpha value is -2.17. The van der Waals surface area contributed by atoms with Gasteiger partial charge in [0.2, 0.25) is 0 Å². The zero-order chi connectivity index (χ0) is 11.9. The standard InChI is InChI=1S/C11H8FNO3/c1-5-2-3-7(12)6-4-8(11(15)16)13-10(14)9(5)6/h2-4H,1H3,(H,13,14)(H,15,16). The Balaban J connectivity index is 2.98. The number of rotatable bonds is 1. The lowest BCUT2D eigenvalue weighted by atomic mass is 10.1. The molecule has 2 aromatic rings. The van der Waals surface area contributed by atoms with Crippen molar-refractivity contribution in [2.45, 2.75) is 6.92 Å². The fourth-order valence-electron chi connectivity index (χ4n) is 1.63. The van der Waals surface area contributed by atoms with Gasteiger partial charge in [-0.25, -0.2) is 9.18 Å². The van der Waals surface area contributed by atoms with Crippen LogP contribution in [0.5, 0.6) is 0 Å². The average Bonchev–Trinajstić information content (AvgIpc) is 2.22. The van der Waals surface area contributed by atoms with Crippen LogP contribution in [0.15, 0.2) is 23.0 Å². The maximum atomic E-state index is 13.4. The van der Waals surface area contributed by atoms with Crippen molar-refractivity contribution in [1.29, 1.82) is 0 Å². The summed E-state index contributed by atoms with van der Waals surface area (Å²) in [5, 5.41) is 8.95. The molecule has 1 heterocycles. The highest BCUT2D eigenvalue weighted by Gasteiger charge is 2.12. The summed E-state index contributed by atoms with van der Waals surface area (Å²) in [6, 6.07) is 3.82. The van der Waals surface area contributed by atoms with Gasteiger partial charge >= 0.3 is 5.97 Å². The van der Waals surface area contributed by atoms with Crippen molar-refractivity contribution in [3.05, 3.63) is 45.6 Å². The summed E-state index contributed by atoms with van der Waals surface area (Å²) in [5.74, 6) is -1.89. The van der Waals surface area contributed by atoms with E-state index < -0.39 is 17.3 Å². The Morgan fingerprint density at radius 3 is 2.75 bits per heavy atom. The fraction of sp³-hybridized carbons (Fsp3) is 0.0909. The van der Waals surface area contributed by atoms with Crippen molar-refractivity contribution in [2.24, 2.45) is 0 Å². The van der Waals surface area contributed by atoms with Crippen molar-refractivity contribution in [2.75, 3.05) is 0 Å². The molecular weight excluding hydrogens is 213 g/mol. The number of H-pyrrole nitrogens is 1. The van der Waals surface area contributed by atoms with Gasteiger partial charge in [-0.1, -0.05) is 6.07 Å². The van der Waals surface area contributed by atoms with Gasteiger partial charge in [0.25, 0.3) is 5.56 Å². The normalized spacial score (nSPS) is 10.6. The number of hydrogen-bond donors (Lipinski definition) is 2. The average molecular weight is 221 g/mol. The monoisotopic (exact) mass is 221 g/mol. The number of carboxylic acids is 1. The third-order valence-corrected chi connectivity index (χ3v) is 2.39. The summed E-state index contributed by atoms with van der Waals surface area (Å²) in [6.07, 6.45) is 0. The van der Waals surface area contributed by atoms with Crippen LogP contribution in [0.3, 0.4) is 0 Å². The highest BCUT2D eigenvalue weighted by Crippen LogP contribution is 2.18. The maximum Gasteiger partial charge on any atom is 0.352 e. The van der Waals surface area contributed by atoms with Gasteiger partial charge in [-0.3, -0.25) is 4.79 Å². The topological polar surface area (TPSA) is 70.2 Å². The van der Waals surface area contributed by atoms with Gasteiger partial charge in [0.15, 0.2) is 0 Å². The Kier molecular flexibility index (Phi) is 2.23. The quantitative estimate of drug-likeness (QED) is 0.769. The maximum absolute atomic E-state index is 13.4. The summed E-state index contributed by atoms with van der Waals surface area (Å²) in [7, 11) is 0. The highest BCUT2D eigenvalue weighted by molar-refractivity contribution is 5.93. The Labute approximate surface area is 89.3 Å². The lowest BCUT2D eigenvalue weighted by Gasteiger charge is -2.03. The molecule has 0 amide bonds. The lowest BCUT2D eigenvalue weighted by Crippen LogP contribution is -2.14. The number of benzene rings is 1. The first-order valence-electron chi connectivity index (χ1n) is 4.56. The fourth-order valence-corrected chi connectivity index (χ4v) is 1.63. The van der Waals surface area contributed by atoms with Crippen LogP contribution in [-0.2, 0) is 0 Å². The van der Waals surface area contributed by atoms with Crippen LogP contribution in [0.2, 0.25) is 0 Å². The molecule has 0 aliphatic heterocycles. The molecule has 0 saturated carbocycles. The molecule has 1 aromatic heterocycles. The van der Waals surface area contributed by atoms with E-state index in [-0.39, 0.29) is 16.5 Å². The first-order chi connectivity index (χ1) is 7.50. The summed E-state index contributed by atoms with van der Waals surface area (Å²) in [6.45, 7) is 1.66. The van der Waals surface area contributed by atoms with Crippen LogP contribution in [0.4, 0.5) is 4.39 Å².